The molecule has 0 saturated carbocycles. The van der Waals surface area contributed by atoms with Crippen LogP contribution in [0.2, 0.25) is 0 Å². The molecule has 5 nitrogen and oxygen atoms in total. The molecule has 1 heterocycles. The molecule has 4 rings (SSSR count). The summed E-state index contributed by atoms with van der Waals surface area (Å²) in [7, 11) is 0. The Hall–Kier alpha value is -3.99. The Kier molecular flexibility index (Phi) is 5.99. The van der Waals surface area contributed by atoms with Crippen molar-refractivity contribution in [3.63, 3.8) is 0 Å². The molecule has 3 aromatic carbocycles. The van der Waals surface area contributed by atoms with E-state index in [9.17, 15) is 9.59 Å². The van der Waals surface area contributed by atoms with Crippen LogP contribution in [-0.2, 0) is 5.41 Å². The number of para-hydroxylation sites is 1. The van der Waals surface area contributed by atoms with Gasteiger partial charge < -0.3 is 5.32 Å². The summed E-state index contributed by atoms with van der Waals surface area (Å²) >= 11 is 0. The third-order valence-corrected chi connectivity index (χ3v) is 5.75. The SMILES string of the molecule is Cc1cc(=O)c(C(=O)NCC(C)(c2ccccc2)c2ccccc2)nn1-c1ccccc1. The summed E-state index contributed by atoms with van der Waals surface area (Å²) in [6, 6.07) is 31.0. The number of amides is 1. The van der Waals surface area contributed by atoms with Crippen molar-refractivity contribution in [2.24, 2.45) is 0 Å². The van der Waals surface area contributed by atoms with Crippen molar-refractivity contribution in [2.75, 3.05) is 6.54 Å². The van der Waals surface area contributed by atoms with E-state index in [4.69, 9.17) is 0 Å². The molecule has 0 aliphatic heterocycles. The molecule has 32 heavy (non-hydrogen) atoms. The highest BCUT2D eigenvalue weighted by Gasteiger charge is 2.30. The molecule has 1 amide bonds. The van der Waals surface area contributed by atoms with Crippen molar-refractivity contribution < 1.29 is 4.79 Å². The lowest BCUT2D eigenvalue weighted by molar-refractivity contribution is 0.0939. The molecular weight excluding hydrogens is 398 g/mol. The van der Waals surface area contributed by atoms with Gasteiger partial charge in [0.15, 0.2) is 5.69 Å². The van der Waals surface area contributed by atoms with E-state index in [-0.39, 0.29) is 5.69 Å². The lowest BCUT2D eigenvalue weighted by Crippen LogP contribution is -2.41. The summed E-state index contributed by atoms with van der Waals surface area (Å²) in [4.78, 5) is 25.7. The maximum atomic E-state index is 13.1. The van der Waals surface area contributed by atoms with Gasteiger partial charge in [-0.3, -0.25) is 9.59 Å². The molecule has 0 spiro atoms. The fraction of sp³-hybridized carbons (Fsp3) is 0.148. The molecule has 1 N–H and O–H groups in total. The van der Waals surface area contributed by atoms with E-state index in [1.165, 1.54) is 6.07 Å². The number of rotatable bonds is 6. The topological polar surface area (TPSA) is 64.0 Å². The van der Waals surface area contributed by atoms with Crippen molar-refractivity contribution in [2.45, 2.75) is 19.3 Å². The summed E-state index contributed by atoms with van der Waals surface area (Å²) in [5, 5.41) is 7.34. The van der Waals surface area contributed by atoms with Gasteiger partial charge in [-0.2, -0.15) is 5.10 Å². The first-order valence-corrected chi connectivity index (χ1v) is 10.5. The summed E-state index contributed by atoms with van der Waals surface area (Å²) in [5.74, 6) is -0.488. The molecule has 160 valence electrons. The van der Waals surface area contributed by atoms with Crippen molar-refractivity contribution in [1.82, 2.24) is 15.1 Å². The Balaban J connectivity index is 1.66. The van der Waals surface area contributed by atoms with E-state index in [0.717, 1.165) is 16.8 Å². The summed E-state index contributed by atoms with van der Waals surface area (Å²) in [6.07, 6.45) is 0. The van der Waals surface area contributed by atoms with Gasteiger partial charge in [0.1, 0.15) is 0 Å². The van der Waals surface area contributed by atoms with Crippen LogP contribution >= 0.6 is 0 Å². The highest BCUT2D eigenvalue weighted by Crippen LogP contribution is 2.31. The Morgan fingerprint density at radius 3 is 1.91 bits per heavy atom. The van der Waals surface area contributed by atoms with Gasteiger partial charge in [0, 0.05) is 23.7 Å². The van der Waals surface area contributed by atoms with Crippen LogP contribution in [0.3, 0.4) is 0 Å². The van der Waals surface area contributed by atoms with Crippen LogP contribution in [0, 0.1) is 6.92 Å². The van der Waals surface area contributed by atoms with Crippen molar-refractivity contribution in [1.29, 1.82) is 0 Å². The van der Waals surface area contributed by atoms with Crippen molar-refractivity contribution >= 4 is 5.91 Å². The first-order valence-electron chi connectivity index (χ1n) is 10.5. The molecular formula is C27H25N3O2. The van der Waals surface area contributed by atoms with Crippen LogP contribution in [0.1, 0.15) is 34.2 Å². The molecule has 0 unspecified atom stereocenters. The zero-order valence-corrected chi connectivity index (χ0v) is 18.2. The van der Waals surface area contributed by atoms with E-state index >= 15 is 0 Å². The lowest BCUT2D eigenvalue weighted by Gasteiger charge is -2.31. The second-order valence-corrected chi connectivity index (χ2v) is 7.99. The minimum absolute atomic E-state index is 0.122. The Morgan fingerprint density at radius 2 is 1.38 bits per heavy atom. The van der Waals surface area contributed by atoms with Crippen molar-refractivity contribution in [3.05, 3.63) is 130 Å². The monoisotopic (exact) mass is 423 g/mol. The largest absolute Gasteiger partial charge is 0.349 e. The highest BCUT2D eigenvalue weighted by molar-refractivity contribution is 5.92. The molecule has 0 aliphatic carbocycles. The molecule has 0 atom stereocenters. The molecule has 1 aromatic heterocycles. The van der Waals surface area contributed by atoms with Crippen LogP contribution in [0.4, 0.5) is 0 Å². The number of hydrogen-bond acceptors (Lipinski definition) is 3. The Morgan fingerprint density at radius 1 is 0.875 bits per heavy atom. The quantitative estimate of drug-likeness (QED) is 0.504. The first-order chi connectivity index (χ1) is 15.5. The summed E-state index contributed by atoms with van der Waals surface area (Å²) in [6.45, 7) is 4.20. The number of nitrogens with zero attached hydrogens (tertiary/aromatic N) is 2. The van der Waals surface area contributed by atoms with Gasteiger partial charge in [0.05, 0.1) is 5.69 Å². The van der Waals surface area contributed by atoms with E-state index < -0.39 is 16.8 Å². The average Bonchev–Trinajstić information content (AvgIpc) is 2.84. The molecule has 0 radical (unpaired) electrons. The highest BCUT2D eigenvalue weighted by atomic mass is 16.2. The lowest BCUT2D eigenvalue weighted by atomic mass is 9.76. The number of aromatic nitrogens is 2. The number of benzene rings is 3. The van der Waals surface area contributed by atoms with E-state index in [2.05, 4.69) is 17.3 Å². The van der Waals surface area contributed by atoms with Gasteiger partial charge in [0.25, 0.3) is 5.91 Å². The zero-order valence-electron chi connectivity index (χ0n) is 18.2. The number of aryl methyl sites for hydroxylation is 1. The molecule has 0 saturated heterocycles. The van der Waals surface area contributed by atoms with E-state index in [1.54, 1.807) is 11.6 Å². The van der Waals surface area contributed by atoms with Crippen LogP contribution in [0.25, 0.3) is 5.69 Å². The maximum Gasteiger partial charge on any atom is 0.275 e. The third-order valence-electron chi connectivity index (χ3n) is 5.75. The third kappa shape index (κ3) is 4.23. The Bertz CT molecular complexity index is 1230. The number of hydrogen-bond donors (Lipinski definition) is 1. The normalized spacial score (nSPS) is 11.2. The molecule has 0 aliphatic rings. The Labute approximate surface area is 187 Å². The van der Waals surface area contributed by atoms with Crippen LogP contribution in [0.5, 0.6) is 0 Å². The molecule has 4 aromatic rings. The number of carbonyl (C=O) groups is 1. The fourth-order valence-electron chi connectivity index (χ4n) is 3.86. The number of carbonyl (C=O) groups excluding carboxylic acids is 1. The molecule has 0 bridgehead atoms. The van der Waals surface area contributed by atoms with E-state index in [0.29, 0.717) is 12.2 Å². The summed E-state index contributed by atoms with van der Waals surface area (Å²) < 4.78 is 1.61. The van der Waals surface area contributed by atoms with Gasteiger partial charge in [0.2, 0.25) is 5.43 Å². The molecule has 0 fully saturated rings. The fourth-order valence-corrected chi connectivity index (χ4v) is 3.86. The van der Waals surface area contributed by atoms with Gasteiger partial charge in [-0.1, -0.05) is 78.9 Å². The van der Waals surface area contributed by atoms with Gasteiger partial charge >= 0.3 is 0 Å². The second-order valence-electron chi connectivity index (χ2n) is 7.99. The van der Waals surface area contributed by atoms with Gasteiger partial charge in [-0.25, -0.2) is 4.68 Å². The average molecular weight is 424 g/mol. The van der Waals surface area contributed by atoms with Gasteiger partial charge in [-0.05, 0) is 37.1 Å². The predicted molar refractivity (Wildman–Crippen MR) is 126 cm³/mol. The van der Waals surface area contributed by atoms with Gasteiger partial charge in [-0.15, -0.1) is 0 Å². The van der Waals surface area contributed by atoms with Crippen molar-refractivity contribution in [3.8, 4) is 5.69 Å². The zero-order chi connectivity index (χ0) is 22.6. The maximum absolute atomic E-state index is 13.1. The van der Waals surface area contributed by atoms with Crippen LogP contribution in [-0.4, -0.2) is 22.2 Å². The van der Waals surface area contributed by atoms with E-state index in [1.807, 2.05) is 91.0 Å². The van der Waals surface area contributed by atoms with Crippen LogP contribution < -0.4 is 10.7 Å². The number of nitrogens with one attached hydrogen (secondary N) is 1. The minimum atomic E-state index is -0.488. The minimum Gasteiger partial charge on any atom is -0.349 e. The molecule has 5 heteroatoms. The summed E-state index contributed by atoms with van der Waals surface area (Å²) in [5.41, 5.74) is 2.61. The predicted octanol–water partition coefficient (Wildman–Crippen LogP) is 4.28. The smallest absolute Gasteiger partial charge is 0.275 e. The second kappa shape index (κ2) is 9.02. The van der Waals surface area contributed by atoms with Crippen LogP contribution in [0.15, 0.2) is 102 Å². The first kappa shape index (κ1) is 21.2. The standard InChI is InChI=1S/C27H25N3O2/c1-20-18-24(31)25(29-30(20)23-16-10-5-11-17-23)26(32)28-19-27(2,21-12-6-3-7-13-21)22-14-8-4-9-15-22/h3-18H,19H2,1-2H3,(H,28,32).